The molecule has 6 rings (SSSR count). The lowest BCUT2D eigenvalue weighted by atomic mass is 9.94. The molecule has 7 heteroatoms. The third-order valence-corrected chi connectivity index (χ3v) is 6.70. The van der Waals surface area contributed by atoms with Crippen molar-refractivity contribution in [3.05, 3.63) is 95.0 Å². The number of nitrogens with one attached hydrogen (secondary N) is 2. The van der Waals surface area contributed by atoms with Gasteiger partial charge in [0.1, 0.15) is 17.6 Å². The predicted octanol–water partition coefficient (Wildman–Crippen LogP) is 4.80. The summed E-state index contributed by atoms with van der Waals surface area (Å²) >= 11 is 1.59. The minimum Gasteiger partial charge on any atom is -0.356 e. The molecule has 1 aliphatic rings. The van der Waals surface area contributed by atoms with E-state index >= 15 is 0 Å². The molecule has 152 valence electrons. The molecule has 4 aromatic heterocycles. The Hall–Kier alpha value is -3.71. The number of rotatable bonds is 3. The van der Waals surface area contributed by atoms with Crippen molar-refractivity contribution in [1.29, 1.82) is 0 Å². The molecule has 6 nitrogen and oxygen atoms in total. The number of imidazole rings is 1. The predicted molar refractivity (Wildman–Crippen MR) is 121 cm³/mol. The van der Waals surface area contributed by atoms with Gasteiger partial charge in [-0.05, 0) is 41.6 Å². The highest BCUT2D eigenvalue weighted by molar-refractivity contribution is 7.13. The molecule has 0 radical (unpaired) electrons. The van der Waals surface area contributed by atoms with E-state index in [2.05, 4.69) is 38.1 Å². The fourth-order valence-corrected chi connectivity index (χ4v) is 5.10. The number of amides is 1. The van der Waals surface area contributed by atoms with E-state index in [9.17, 15) is 4.79 Å². The molecule has 1 aromatic carbocycles. The number of nitrogens with zero attached hydrogens (tertiary/aromatic N) is 3. The summed E-state index contributed by atoms with van der Waals surface area (Å²) in [5.74, 6) is 0.645. The minimum atomic E-state index is -0.279. The number of aromatic amines is 2. The minimum absolute atomic E-state index is 0.0738. The smallest absolute Gasteiger partial charge is 0.272 e. The van der Waals surface area contributed by atoms with Crippen LogP contribution in [0, 0.1) is 0 Å². The first kappa shape index (κ1) is 18.1. The number of carbonyl (C=O) groups is 1. The van der Waals surface area contributed by atoms with E-state index in [0.717, 1.165) is 34.0 Å². The second kappa shape index (κ2) is 7.21. The number of fused-ring (bicyclic) bond motifs is 3. The molecule has 2 N–H and O–H groups in total. The molecule has 5 heterocycles. The first-order valence-electron chi connectivity index (χ1n) is 10.2. The summed E-state index contributed by atoms with van der Waals surface area (Å²) < 4.78 is 0. The average Bonchev–Trinajstić information content (AvgIpc) is 3.57. The summed E-state index contributed by atoms with van der Waals surface area (Å²) in [5.41, 5.74) is 4.73. The van der Waals surface area contributed by atoms with Crippen LogP contribution in [0.1, 0.15) is 33.5 Å². The van der Waals surface area contributed by atoms with Gasteiger partial charge in [0.15, 0.2) is 0 Å². The van der Waals surface area contributed by atoms with Crippen molar-refractivity contribution in [3.63, 3.8) is 0 Å². The van der Waals surface area contributed by atoms with Crippen molar-refractivity contribution in [2.75, 3.05) is 6.54 Å². The Labute approximate surface area is 182 Å². The zero-order valence-corrected chi connectivity index (χ0v) is 17.4. The highest BCUT2D eigenvalue weighted by Crippen LogP contribution is 2.38. The number of benzene rings is 1. The number of hydrogen-bond donors (Lipinski definition) is 2. The van der Waals surface area contributed by atoms with Gasteiger partial charge in [0, 0.05) is 29.3 Å². The van der Waals surface area contributed by atoms with Gasteiger partial charge in [0.25, 0.3) is 5.91 Å². The van der Waals surface area contributed by atoms with E-state index in [1.807, 2.05) is 46.7 Å². The van der Waals surface area contributed by atoms with Crippen molar-refractivity contribution in [1.82, 2.24) is 24.8 Å². The third kappa shape index (κ3) is 2.97. The van der Waals surface area contributed by atoms with Gasteiger partial charge in [-0.1, -0.05) is 30.3 Å². The Morgan fingerprint density at radius 3 is 2.77 bits per heavy atom. The molecular weight excluding hydrogens is 406 g/mol. The molecular formula is C24H19N5OS. The summed E-state index contributed by atoms with van der Waals surface area (Å²) in [6.07, 6.45) is 4.20. The molecule has 0 saturated carbocycles. The molecule has 0 fully saturated rings. The summed E-state index contributed by atoms with van der Waals surface area (Å²) in [6.45, 7) is 0.613. The summed E-state index contributed by atoms with van der Waals surface area (Å²) in [5, 5.41) is 3.21. The standard InChI is InChI=1S/C24H19N5OS/c30-24(19-14-26-23(28-19)20-9-5-13-31-20)29-12-10-16-15-6-1-2-7-17(15)27-21(16)22(29)18-8-3-4-11-25-18/h1-9,11,13-14,22,27H,10,12H2,(H,26,28). The Bertz CT molecular complexity index is 1370. The first-order chi connectivity index (χ1) is 15.3. The normalized spacial score (nSPS) is 15.9. The fraction of sp³-hybridized carbons (Fsp3) is 0.125. The molecule has 1 unspecified atom stereocenters. The molecule has 1 atom stereocenters. The monoisotopic (exact) mass is 425 g/mol. The van der Waals surface area contributed by atoms with Crippen molar-refractivity contribution in [2.45, 2.75) is 12.5 Å². The van der Waals surface area contributed by atoms with Gasteiger partial charge < -0.3 is 14.9 Å². The van der Waals surface area contributed by atoms with E-state index in [4.69, 9.17) is 0 Å². The molecule has 1 amide bonds. The van der Waals surface area contributed by atoms with Crippen LogP contribution in [0.2, 0.25) is 0 Å². The molecule has 0 spiro atoms. The number of carbonyl (C=O) groups excluding carboxylic acids is 1. The molecule has 31 heavy (non-hydrogen) atoms. The Morgan fingerprint density at radius 2 is 1.94 bits per heavy atom. The van der Waals surface area contributed by atoms with Gasteiger partial charge in [-0.2, -0.15) is 0 Å². The third-order valence-electron chi connectivity index (χ3n) is 5.82. The summed E-state index contributed by atoms with van der Waals surface area (Å²) in [6, 6.07) is 17.8. The fourth-order valence-electron chi connectivity index (χ4n) is 4.43. The number of aromatic nitrogens is 4. The van der Waals surface area contributed by atoms with Crippen molar-refractivity contribution in [2.24, 2.45) is 0 Å². The second-order valence-electron chi connectivity index (χ2n) is 7.59. The van der Waals surface area contributed by atoms with Gasteiger partial charge in [-0.25, -0.2) is 4.98 Å². The van der Waals surface area contributed by atoms with Crippen molar-refractivity contribution in [3.8, 4) is 10.7 Å². The van der Waals surface area contributed by atoms with Gasteiger partial charge >= 0.3 is 0 Å². The summed E-state index contributed by atoms with van der Waals surface area (Å²) in [7, 11) is 0. The highest BCUT2D eigenvalue weighted by Gasteiger charge is 2.36. The average molecular weight is 426 g/mol. The molecule has 0 saturated heterocycles. The van der Waals surface area contributed by atoms with E-state index in [1.165, 1.54) is 10.9 Å². The van der Waals surface area contributed by atoms with Crippen LogP contribution in [0.4, 0.5) is 0 Å². The maximum absolute atomic E-state index is 13.6. The lowest BCUT2D eigenvalue weighted by Crippen LogP contribution is -2.41. The van der Waals surface area contributed by atoms with Gasteiger partial charge in [0.2, 0.25) is 0 Å². The van der Waals surface area contributed by atoms with Crippen LogP contribution in [-0.2, 0) is 6.42 Å². The van der Waals surface area contributed by atoms with E-state index < -0.39 is 0 Å². The van der Waals surface area contributed by atoms with Crippen LogP contribution in [0.3, 0.4) is 0 Å². The highest BCUT2D eigenvalue weighted by atomic mass is 32.1. The molecule has 5 aromatic rings. The van der Waals surface area contributed by atoms with Crippen LogP contribution < -0.4 is 0 Å². The van der Waals surface area contributed by atoms with Gasteiger partial charge in [-0.15, -0.1) is 11.3 Å². The lowest BCUT2D eigenvalue weighted by molar-refractivity contribution is 0.0683. The van der Waals surface area contributed by atoms with Crippen molar-refractivity contribution >= 4 is 28.1 Å². The Balaban J connectivity index is 1.44. The van der Waals surface area contributed by atoms with Crippen molar-refractivity contribution < 1.29 is 4.79 Å². The maximum Gasteiger partial charge on any atom is 0.272 e. The van der Waals surface area contributed by atoms with E-state index in [0.29, 0.717) is 12.2 Å². The van der Waals surface area contributed by atoms with Gasteiger partial charge in [0.05, 0.1) is 16.8 Å². The number of para-hydroxylation sites is 1. The summed E-state index contributed by atoms with van der Waals surface area (Å²) in [4.78, 5) is 32.3. The zero-order chi connectivity index (χ0) is 20.8. The van der Waals surface area contributed by atoms with E-state index in [-0.39, 0.29) is 11.9 Å². The quantitative estimate of drug-likeness (QED) is 0.436. The second-order valence-corrected chi connectivity index (χ2v) is 8.54. The first-order valence-corrected chi connectivity index (χ1v) is 11.1. The largest absolute Gasteiger partial charge is 0.356 e. The number of thiophene rings is 1. The molecule has 1 aliphatic heterocycles. The van der Waals surface area contributed by atoms with Gasteiger partial charge in [-0.3, -0.25) is 9.78 Å². The van der Waals surface area contributed by atoms with Crippen LogP contribution in [0.25, 0.3) is 21.6 Å². The SMILES string of the molecule is O=C(c1cnc(-c2cccs2)[nH]1)N1CCc2c([nH]c3ccccc23)C1c1ccccn1. The zero-order valence-electron chi connectivity index (χ0n) is 16.6. The number of pyridine rings is 1. The molecule has 0 aliphatic carbocycles. The lowest BCUT2D eigenvalue weighted by Gasteiger charge is -2.35. The van der Waals surface area contributed by atoms with Crippen LogP contribution >= 0.6 is 11.3 Å². The van der Waals surface area contributed by atoms with E-state index in [1.54, 1.807) is 23.7 Å². The maximum atomic E-state index is 13.6. The number of H-pyrrole nitrogens is 2. The topological polar surface area (TPSA) is 77.7 Å². The molecule has 0 bridgehead atoms. The Morgan fingerprint density at radius 1 is 1.03 bits per heavy atom. The Kier molecular flexibility index (Phi) is 4.21. The van der Waals surface area contributed by atoms with Crippen LogP contribution in [-0.4, -0.2) is 37.3 Å². The van der Waals surface area contributed by atoms with Crippen LogP contribution in [0.15, 0.2) is 72.4 Å². The van der Waals surface area contributed by atoms with Crippen LogP contribution in [0.5, 0.6) is 0 Å². The number of hydrogen-bond acceptors (Lipinski definition) is 4.